The molecule has 0 aliphatic heterocycles. The highest BCUT2D eigenvalue weighted by Gasteiger charge is 2.19. The van der Waals surface area contributed by atoms with E-state index in [0.29, 0.717) is 22.8 Å². The van der Waals surface area contributed by atoms with Crippen molar-refractivity contribution in [2.24, 2.45) is 0 Å². The first kappa shape index (κ1) is 23.3. The van der Waals surface area contributed by atoms with Crippen molar-refractivity contribution in [3.8, 4) is 23.4 Å². The van der Waals surface area contributed by atoms with Crippen molar-refractivity contribution in [2.75, 3.05) is 12.4 Å². The highest BCUT2D eigenvalue weighted by atomic mass is 16.5. The molecular formula is C27H22N4O4. The summed E-state index contributed by atoms with van der Waals surface area (Å²) >= 11 is 0. The molecule has 174 valence electrons. The van der Waals surface area contributed by atoms with Crippen molar-refractivity contribution in [3.05, 3.63) is 99.5 Å². The molecule has 0 saturated heterocycles. The summed E-state index contributed by atoms with van der Waals surface area (Å²) in [6.07, 6.45) is 2.76. The number of nitrogens with zero attached hydrogens (tertiary/aromatic N) is 3. The van der Waals surface area contributed by atoms with Crippen LogP contribution in [0, 0.1) is 25.2 Å². The first-order valence-electron chi connectivity index (χ1n) is 10.7. The highest BCUT2D eigenvalue weighted by Crippen LogP contribution is 2.32. The van der Waals surface area contributed by atoms with Crippen molar-refractivity contribution in [1.82, 2.24) is 9.38 Å². The van der Waals surface area contributed by atoms with Crippen molar-refractivity contribution in [2.45, 2.75) is 13.8 Å². The van der Waals surface area contributed by atoms with Gasteiger partial charge in [-0.15, -0.1) is 0 Å². The van der Waals surface area contributed by atoms with Gasteiger partial charge in [-0.05, 0) is 55.8 Å². The molecule has 4 aromatic rings. The van der Waals surface area contributed by atoms with Crippen molar-refractivity contribution in [3.63, 3.8) is 0 Å². The van der Waals surface area contributed by atoms with Gasteiger partial charge in [0.25, 0.3) is 11.5 Å². The fourth-order valence-corrected chi connectivity index (χ4v) is 3.43. The van der Waals surface area contributed by atoms with E-state index in [4.69, 9.17) is 9.47 Å². The van der Waals surface area contributed by atoms with E-state index in [1.54, 1.807) is 48.7 Å². The Labute approximate surface area is 201 Å². The molecular weight excluding hydrogens is 444 g/mol. The smallest absolute Gasteiger partial charge is 0.269 e. The molecule has 1 N–H and O–H groups in total. The van der Waals surface area contributed by atoms with Gasteiger partial charge in [-0.25, -0.2) is 0 Å². The second kappa shape index (κ2) is 9.93. The number of hydrogen-bond acceptors (Lipinski definition) is 6. The molecule has 8 heteroatoms. The molecule has 35 heavy (non-hydrogen) atoms. The Hall–Kier alpha value is -4.90. The lowest BCUT2D eigenvalue weighted by atomic mass is 10.1. The molecule has 0 aliphatic rings. The SMILES string of the molecule is COc1ccccc1Oc1nc2c(C)cccn2c(=O)c1C=C(C#N)C(=O)Nc1ccc(C)cc1. The first-order valence-corrected chi connectivity index (χ1v) is 10.7. The lowest BCUT2D eigenvalue weighted by Gasteiger charge is -2.13. The molecule has 8 nitrogen and oxygen atoms in total. The van der Waals surface area contributed by atoms with Crippen LogP contribution in [0.1, 0.15) is 16.7 Å². The lowest BCUT2D eigenvalue weighted by Crippen LogP contribution is -2.20. The molecule has 0 aliphatic carbocycles. The summed E-state index contributed by atoms with van der Waals surface area (Å²) in [7, 11) is 1.50. The molecule has 0 bridgehead atoms. The number of para-hydroxylation sites is 2. The maximum absolute atomic E-state index is 13.4. The van der Waals surface area contributed by atoms with Crippen LogP contribution in [0.15, 0.2) is 77.2 Å². The Morgan fingerprint density at radius 2 is 1.77 bits per heavy atom. The van der Waals surface area contributed by atoms with Crippen LogP contribution in [-0.4, -0.2) is 22.4 Å². The average Bonchev–Trinajstić information content (AvgIpc) is 2.86. The van der Waals surface area contributed by atoms with Crippen LogP contribution in [0.3, 0.4) is 0 Å². The number of ether oxygens (including phenoxy) is 2. The summed E-state index contributed by atoms with van der Waals surface area (Å²) in [6.45, 7) is 3.75. The molecule has 0 saturated carbocycles. The van der Waals surface area contributed by atoms with E-state index in [2.05, 4.69) is 10.3 Å². The maximum Gasteiger partial charge on any atom is 0.269 e. The van der Waals surface area contributed by atoms with Crippen molar-refractivity contribution < 1.29 is 14.3 Å². The van der Waals surface area contributed by atoms with Gasteiger partial charge >= 0.3 is 0 Å². The number of fused-ring (bicyclic) bond motifs is 1. The topological polar surface area (TPSA) is 106 Å². The van der Waals surface area contributed by atoms with E-state index >= 15 is 0 Å². The van der Waals surface area contributed by atoms with Gasteiger partial charge in [0.2, 0.25) is 5.88 Å². The molecule has 2 heterocycles. The van der Waals surface area contributed by atoms with Gasteiger partial charge < -0.3 is 14.8 Å². The number of aromatic nitrogens is 2. The van der Waals surface area contributed by atoms with Crippen LogP contribution >= 0.6 is 0 Å². The molecule has 2 aromatic heterocycles. The van der Waals surface area contributed by atoms with Crippen LogP contribution in [-0.2, 0) is 4.79 Å². The third-order valence-corrected chi connectivity index (χ3v) is 5.29. The number of benzene rings is 2. The fourth-order valence-electron chi connectivity index (χ4n) is 3.43. The zero-order valence-electron chi connectivity index (χ0n) is 19.4. The third-order valence-electron chi connectivity index (χ3n) is 5.29. The minimum atomic E-state index is -0.659. The number of pyridine rings is 1. The van der Waals surface area contributed by atoms with Gasteiger partial charge in [-0.2, -0.15) is 10.2 Å². The number of hydrogen-bond donors (Lipinski definition) is 1. The Morgan fingerprint density at radius 3 is 2.46 bits per heavy atom. The average molecular weight is 466 g/mol. The molecule has 0 radical (unpaired) electrons. The number of aryl methyl sites for hydroxylation is 2. The summed E-state index contributed by atoms with van der Waals surface area (Å²) in [5, 5.41) is 12.4. The Morgan fingerprint density at radius 1 is 1.06 bits per heavy atom. The zero-order valence-corrected chi connectivity index (χ0v) is 19.4. The highest BCUT2D eigenvalue weighted by molar-refractivity contribution is 6.09. The van der Waals surface area contributed by atoms with Crippen LogP contribution in [0.2, 0.25) is 0 Å². The molecule has 0 atom stereocenters. The molecule has 1 amide bonds. The van der Waals surface area contributed by atoms with Crippen LogP contribution in [0.5, 0.6) is 17.4 Å². The van der Waals surface area contributed by atoms with Gasteiger partial charge in [0.05, 0.1) is 7.11 Å². The molecule has 0 fully saturated rings. The van der Waals surface area contributed by atoms with Gasteiger partial charge in [0, 0.05) is 11.9 Å². The van der Waals surface area contributed by atoms with E-state index in [9.17, 15) is 14.9 Å². The normalized spacial score (nSPS) is 11.1. The van der Waals surface area contributed by atoms with E-state index in [1.807, 2.05) is 38.1 Å². The standard InChI is InChI=1S/C27H22N4O4/c1-17-10-12-20(13-11-17)29-25(32)19(16-28)15-21-26(35-23-9-5-4-8-22(23)34-3)30-24-18(2)7-6-14-31(24)27(21)33/h4-15H,1-3H3,(H,29,32). The van der Waals surface area contributed by atoms with Crippen LogP contribution < -0.4 is 20.3 Å². The molecule has 0 spiro atoms. The number of carbonyl (C=O) groups excluding carboxylic acids is 1. The number of nitrogens with one attached hydrogen (secondary N) is 1. The van der Waals surface area contributed by atoms with Gasteiger partial charge in [-0.3, -0.25) is 14.0 Å². The second-order valence-electron chi connectivity index (χ2n) is 7.76. The number of amides is 1. The molecule has 4 rings (SSSR count). The Kier molecular flexibility index (Phi) is 6.60. The quantitative estimate of drug-likeness (QED) is 0.327. The minimum absolute atomic E-state index is 0.0467. The predicted molar refractivity (Wildman–Crippen MR) is 133 cm³/mol. The molecule has 0 unspecified atom stereocenters. The Balaban J connectivity index is 1.84. The molecule has 2 aromatic carbocycles. The van der Waals surface area contributed by atoms with Crippen LogP contribution in [0.4, 0.5) is 5.69 Å². The maximum atomic E-state index is 13.4. The third kappa shape index (κ3) is 4.89. The van der Waals surface area contributed by atoms with Gasteiger partial charge in [-0.1, -0.05) is 35.9 Å². The zero-order chi connectivity index (χ0) is 24.9. The van der Waals surface area contributed by atoms with E-state index < -0.39 is 11.5 Å². The largest absolute Gasteiger partial charge is 0.493 e. The number of anilines is 1. The van der Waals surface area contributed by atoms with Crippen molar-refractivity contribution >= 4 is 23.3 Å². The summed E-state index contributed by atoms with van der Waals surface area (Å²) in [4.78, 5) is 30.8. The van der Waals surface area contributed by atoms with Crippen LogP contribution in [0.25, 0.3) is 11.7 Å². The second-order valence-corrected chi connectivity index (χ2v) is 7.76. The van der Waals surface area contributed by atoms with Gasteiger partial charge in [0.15, 0.2) is 11.5 Å². The van der Waals surface area contributed by atoms with Gasteiger partial charge in [0.1, 0.15) is 22.9 Å². The first-order chi connectivity index (χ1) is 16.9. The summed E-state index contributed by atoms with van der Waals surface area (Å²) in [5.74, 6) is 0.0574. The predicted octanol–water partition coefficient (Wildman–Crippen LogP) is 4.66. The lowest BCUT2D eigenvalue weighted by molar-refractivity contribution is -0.112. The van der Waals surface area contributed by atoms with E-state index in [-0.39, 0.29) is 17.0 Å². The number of nitriles is 1. The minimum Gasteiger partial charge on any atom is -0.493 e. The van der Waals surface area contributed by atoms with E-state index in [1.165, 1.54) is 17.6 Å². The van der Waals surface area contributed by atoms with E-state index in [0.717, 1.165) is 11.1 Å². The fraction of sp³-hybridized carbons (Fsp3) is 0.111. The Bertz CT molecular complexity index is 1550. The number of methoxy groups -OCH3 is 1. The summed E-state index contributed by atoms with van der Waals surface area (Å²) in [5.41, 5.74) is 1.89. The number of carbonyl (C=O) groups is 1. The number of rotatable bonds is 6. The van der Waals surface area contributed by atoms with Crippen molar-refractivity contribution in [1.29, 1.82) is 5.26 Å². The monoisotopic (exact) mass is 466 g/mol. The summed E-state index contributed by atoms with van der Waals surface area (Å²) in [6, 6.07) is 19.5. The summed E-state index contributed by atoms with van der Waals surface area (Å²) < 4.78 is 12.7.